The lowest BCUT2D eigenvalue weighted by Gasteiger charge is -2.12. The smallest absolute Gasteiger partial charge is 0.272 e. The molecule has 0 aliphatic carbocycles. The average Bonchev–Trinajstić information content (AvgIpc) is 2.94. The molecule has 4 rings (SSSR count). The molecule has 0 heterocycles. The molecule has 0 unspecified atom stereocenters. The maximum Gasteiger partial charge on any atom is 0.272 e. The van der Waals surface area contributed by atoms with Crippen molar-refractivity contribution >= 4 is 52.7 Å². The Morgan fingerprint density at radius 3 is 2.05 bits per heavy atom. The second-order valence-corrected chi connectivity index (χ2v) is 9.53. The van der Waals surface area contributed by atoms with Crippen molar-refractivity contribution in [3.63, 3.8) is 0 Å². The van der Waals surface area contributed by atoms with Crippen LogP contribution in [0, 0.1) is 5.82 Å². The molecule has 2 amide bonds. The fourth-order valence-electron chi connectivity index (χ4n) is 3.42. The van der Waals surface area contributed by atoms with E-state index in [4.69, 9.17) is 11.6 Å². The van der Waals surface area contributed by atoms with E-state index in [0.717, 1.165) is 4.90 Å². The minimum Gasteiger partial charge on any atom is -0.321 e. The predicted octanol–water partition coefficient (Wildman–Crippen LogP) is 6.86. The summed E-state index contributed by atoms with van der Waals surface area (Å²) in [6, 6.07) is 28.5. The highest BCUT2D eigenvalue weighted by Gasteiger charge is 2.17. The Bertz CT molecular complexity index is 1460. The third-order valence-corrected chi connectivity index (χ3v) is 6.74. The van der Waals surface area contributed by atoms with Gasteiger partial charge in [0.1, 0.15) is 11.5 Å². The number of anilines is 1. The van der Waals surface area contributed by atoms with Crippen molar-refractivity contribution in [2.75, 3.05) is 11.1 Å². The minimum atomic E-state index is -0.659. The normalized spacial score (nSPS) is 11.1. The van der Waals surface area contributed by atoms with Gasteiger partial charge >= 0.3 is 0 Å². The standard InChI is InChI=1S/C30H22ClFN2O3S/c31-25-12-7-13-26(32)24(25)18-27(34-29(36)21-10-5-2-6-11-21)30(37)33-22-14-16-23(17-15-22)38-19-28(35)20-8-3-1-4-9-20/h1-18H,19H2,(H,33,37)(H,34,36)/b27-18-. The maximum atomic E-state index is 14.4. The number of ketones is 1. The first-order valence-corrected chi connectivity index (χ1v) is 12.9. The molecule has 4 aromatic rings. The van der Waals surface area contributed by atoms with Crippen LogP contribution < -0.4 is 10.6 Å². The number of rotatable bonds is 9. The third kappa shape index (κ3) is 7.18. The SMILES string of the molecule is O=C(Nc1ccc(SCC(=O)c2ccccc2)cc1)/C(=C/c1c(F)cccc1Cl)NC(=O)c1ccccc1. The van der Waals surface area contributed by atoms with Crippen LogP contribution in [-0.2, 0) is 4.79 Å². The molecule has 4 aromatic carbocycles. The van der Waals surface area contributed by atoms with Gasteiger partial charge in [-0.25, -0.2) is 4.39 Å². The number of thioether (sulfide) groups is 1. The van der Waals surface area contributed by atoms with Gasteiger partial charge in [-0.05, 0) is 54.6 Å². The first-order valence-electron chi connectivity index (χ1n) is 11.6. The van der Waals surface area contributed by atoms with E-state index < -0.39 is 17.6 Å². The van der Waals surface area contributed by atoms with E-state index in [1.807, 2.05) is 18.2 Å². The van der Waals surface area contributed by atoms with Gasteiger partial charge in [0.05, 0.1) is 10.8 Å². The van der Waals surface area contributed by atoms with Crippen LogP contribution in [-0.4, -0.2) is 23.4 Å². The summed E-state index contributed by atoms with van der Waals surface area (Å²) in [4.78, 5) is 39.1. The zero-order chi connectivity index (χ0) is 26.9. The Labute approximate surface area is 228 Å². The average molecular weight is 545 g/mol. The van der Waals surface area contributed by atoms with Crippen LogP contribution in [0.3, 0.4) is 0 Å². The number of nitrogens with one attached hydrogen (secondary N) is 2. The number of amides is 2. The molecule has 0 radical (unpaired) electrons. The molecule has 0 atom stereocenters. The quantitative estimate of drug-likeness (QED) is 0.137. The van der Waals surface area contributed by atoms with E-state index in [0.29, 0.717) is 16.8 Å². The monoisotopic (exact) mass is 544 g/mol. The van der Waals surface area contributed by atoms with E-state index in [9.17, 15) is 18.8 Å². The summed E-state index contributed by atoms with van der Waals surface area (Å²) in [6.45, 7) is 0. The van der Waals surface area contributed by atoms with Crippen molar-refractivity contribution < 1.29 is 18.8 Å². The molecule has 2 N–H and O–H groups in total. The summed E-state index contributed by atoms with van der Waals surface area (Å²) < 4.78 is 14.4. The zero-order valence-electron chi connectivity index (χ0n) is 20.0. The van der Waals surface area contributed by atoms with Crippen LogP contribution in [0.25, 0.3) is 6.08 Å². The lowest BCUT2D eigenvalue weighted by Crippen LogP contribution is -2.30. The van der Waals surface area contributed by atoms with E-state index >= 15 is 0 Å². The van der Waals surface area contributed by atoms with Crippen molar-refractivity contribution in [2.45, 2.75) is 4.90 Å². The number of Topliss-reactive ketones (excluding diaryl/α,β-unsaturated/α-hetero) is 1. The molecule has 38 heavy (non-hydrogen) atoms. The molecule has 8 heteroatoms. The van der Waals surface area contributed by atoms with Crippen LogP contribution in [0.5, 0.6) is 0 Å². The van der Waals surface area contributed by atoms with Gasteiger partial charge in [-0.3, -0.25) is 14.4 Å². The Morgan fingerprint density at radius 1 is 0.789 bits per heavy atom. The van der Waals surface area contributed by atoms with Gasteiger partial charge in [-0.2, -0.15) is 0 Å². The van der Waals surface area contributed by atoms with E-state index in [1.54, 1.807) is 66.7 Å². The molecule has 5 nitrogen and oxygen atoms in total. The Kier molecular flexibility index (Phi) is 9.08. The van der Waals surface area contributed by atoms with Gasteiger partial charge in [0.15, 0.2) is 5.78 Å². The van der Waals surface area contributed by atoms with Crippen molar-refractivity contribution in [2.24, 2.45) is 0 Å². The van der Waals surface area contributed by atoms with Gasteiger partial charge in [0, 0.05) is 27.3 Å². The highest BCUT2D eigenvalue weighted by atomic mass is 35.5. The van der Waals surface area contributed by atoms with Gasteiger partial charge in [-0.1, -0.05) is 66.2 Å². The van der Waals surface area contributed by atoms with Crippen LogP contribution >= 0.6 is 23.4 Å². The molecule has 0 aliphatic rings. The van der Waals surface area contributed by atoms with E-state index in [-0.39, 0.29) is 27.8 Å². The fraction of sp³-hybridized carbons (Fsp3) is 0.0333. The van der Waals surface area contributed by atoms with Crippen molar-refractivity contribution in [3.05, 3.63) is 136 Å². The van der Waals surface area contributed by atoms with Crippen molar-refractivity contribution in [1.29, 1.82) is 0 Å². The molecule has 0 saturated carbocycles. The minimum absolute atomic E-state index is 0.0173. The first-order chi connectivity index (χ1) is 18.4. The molecule has 0 aliphatic heterocycles. The molecule has 0 fully saturated rings. The lowest BCUT2D eigenvalue weighted by molar-refractivity contribution is -0.113. The zero-order valence-corrected chi connectivity index (χ0v) is 21.6. The van der Waals surface area contributed by atoms with Gasteiger partial charge in [-0.15, -0.1) is 11.8 Å². The topological polar surface area (TPSA) is 75.3 Å². The molecule has 0 aromatic heterocycles. The highest BCUT2D eigenvalue weighted by Crippen LogP contribution is 2.24. The largest absolute Gasteiger partial charge is 0.321 e. The molecule has 0 bridgehead atoms. The Hall–Kier alpha value is -4.20. The van der Waals surface area contributed by atoms with E-state index in [2.05, 4.69) is 10.6 Å². The third-order valence-electron chi connectivity index (χ3n) is 5.40. The molecule has 0 saturated heterocycles. The molecule has 0 spiro atoms. The highest BCUT2D eigenvalue weighted by molar-refractivity contribution is 8.00. The number of hydrogen-bond donors (Lipinski definition) is 2. The Balaban J connectivity index is 1.48. The maximum absolute atomic E-state index is 14.4. The summed E-state index contributed by atoms with van der Waals surface area (Å²) in [6.07, 6.45) is 1.20. The van der Waals surface area contributed by atoms with Crippen LogP contribution in [0.2, 0.25) is 5.02 Å². The van der Waals surface area contributed by atoms with Crippen molar-refractivity contribution in [3.8, 4) is 0 Å². The number of hydrogen-bond acceptors (Lipinski definition) is 4. The lowest BCUT2D eigenvalue weighted by atomic mass is 10.1. The summed E-state index contributed by atoms with van der Waals surface area (Å²) in [5, 5.41) is 5.36. The van der Waals surface area contributed by atoms with Crippen LogP contribution in [0.4, 0.5) is 10.1 Å². The summed E-state index contributed by atoms with van der Waals surface area (Å²) in [5.41, 5.74) is 1.22. The van der Waals surface area contributed by atoms with Crippen molar-refractivity contribution in [1.82, 2.24) is 5.32 Å². The van der Waals surface area contributed by atoms with Gasteiger partial charge < -0.3 is 10.6 Å². The number of benzene rings is 4. The second kappa shape index (κ2) is 12.9. The van der Waals surface area contributed by atoms with Gasteiger partial charge in [0.25, 0.3) is 11.8 Å². The molecule has 190 valence electrons. The summed E-state index contributed by atoms with van der Waals surface area (Å²) >= 11 is 7.53. The number of carbonyl (C=O) groups is 3. The number of halogens is 2. The second-order valence-electron chi connectivity index (χ2n) is 8.07. The van der Waals surface area contributed by atoms with Gasteiger partial charge in [0.2, 0.25) is 0 Å². The van der Waals surface area contributed by atoms with Crippen LogP contribution in [0.1, 0.15) is 26.3 Å². The Morgan fingerprint density at radius 2 is 1.42 bits per heavy atom. The molecular weight excluding hydrogens is 523 g/mol. The molecular formula is C30H22ClFN2O3S. The van der Waals surface area contributed by atoms with Crippen LogP contribution in [0.15, 0.2) is 114 Å². The fourth-order valence-corrected chi connectivity index (χ4v) is 4.44. The summed E-state index contributed by atoms with van der Waals surface area (Å²) in [7, 11) is 0. The van der Waals surface area contributed by atoms with E-state index in [1.165, 1.54) is 36.0 Å². The number of carbonyl (C=O) groups excluding carboxylic acids is 3. The summed E-state index contributed by atoms with van der Waals surface area (Å²) in [5.74, 6) is -1.54. The first kappa shape index (κ1) is 26.9. The predicted molar refractivity (Wildman–Crippen MR) is 150 cm³/mol.